The second-order valence-corrected chi connectivity index (χ2v) is 5.57. The van der Waals surface area contributed by atoms with E-state index >= 15 is 0 Å². The molecular weight excluding hydrogens is 294 g/mol. The Morgan fingerprint density at radius 2 is 2.28 bits per heavy atom. The number of rotatable bonds is 6. The Bertz CT molecular complexity index is 418. The maximum atomic E-state index is 12.2. The molecule has 1 aliphatic rings. The van der Waals surface area contributed by atoms with Crippen LogP contribution in [0.3, 0.4) is 0 Å². The quantitative estimate of drug-likeness (QED) is 0.808. The normalized spacial score (nSPS) is 14.6. The Morgan fingerprint density at radius 1 is 1.50 bits per heavy atom. The van der Waals surface area contributed by atoms with Crippen molar-refractivity contribution in [2.45, 2.75) is 19.4 Å². The number of amides is 1. The molecule has 0 aromatic heterocycles. The lowest BCUT2D eigenvalue weighted by Crippen LogP contribution is -2.34. The van der Waals surface area contributed by atoms with Crippen LogP contribution in [0.15, 0.2) is 28.7 Å². The van der Waals surface area contributed by atoms with E-state index in [0.29, 0.717) is 19.7 Å². The van der Waals surface area contributed by atoms with Crippen LogP contribution in [-0.2, 0) is 16.1 Å². The van der Waals surface area contributed by atoms with Crippen LogP contribution >= 0.6 is 15.9 Å². The molecule has 0 radical (unpaired) electrons. The summed E-state index contributed by atoms with van der Waals surface area (Å²) < 4.78 is 6.13. The van der Waals surface area contributed by atoms with Crippen LogP contribution in [-0.4, -0.2) is 31.1 Å². The molecule has 4 heteroatoms. The molecule has 0 heterocycles. The zero-order valence-corrected chi connectivity index (χ0v) is 12.1. The van der Waals surface area contributed by atoms with Gasteiger partial charge in [0.2, 0.25) is 5.91 Å². The summed E-state index contributed by atoms with van der Waals surface area (Å²) in [5.41, 5.74) is 1.15. The molecule has 98 valence electrons. The average molecular weight is 312 g/mol. The predicted octanol–water partition coefficient (Wildman–Crippen LogP) is 2.83. The largest absolute Gasteiger partial charge is 0.383 e. The molecule has 1 amide bonds. The minimum Gasteiger partial charge on any atom is -0.383 e. The van der Waals surface area contributed by atoms with E-state index in [0.717, 1.165) is 22.9 Å². The van der Waals surface area contributed by atoms with E-state index in [1.165, 1.54) is 0 Å². The fourth-order valence-electron chi connectivity index (χ4n) is 1.91. The molecule has 3 nitrogen and oxygen atoms in total. The van der Waals surface area contributed by atoms with Gasteiger partial charge in [-0.2, -0.15) is 0 Å². The van der Waals surface area contributed by atoms with Gasteiger partial charge in [-0.3, -0.25) is 4.79 Å². The maximum absolute atomic E-state index is 12.2. The first-order chi connectivity index (χ1) is 8.70. The highest BCUT2D eigenvalue weighted by Crippen LogP contribution is 2.31. The van der Waals surface area contributed by atoms with E-state index in [-0.39, 0.29) is 11.8 Å². The predicted molar refractivity (Wildman–Crippen MR) is 74.2 cm³/mol. The van der Waals surface area contributed by atoms with Crippen molar-refractivity contribution in [3.8, 4) is 0 Å². The number of halogens is 1. The number of methoxy groups -OCH3 is 1. The summed E-state index contributed by atoms with van der Waals surface area (Å²) in [6.45, 7) is 1.92. The molecule has 0 aliphatic heterocycles. The highest BCUT2D eigenvalue weighted by atomic mass is 79.9. The summed E-state index contributed by atoms with van der Waals surface area (Å²) in [7, 11) is 1.67. The van der Waals surface area contributed by atoms with Gasteiger partial charge < -0.3 is 9.64 Å². The minimum absolute atomic E-state index is 0.258. The number of benzene rings is 1. The molecule has 0 bridgehead atoms. The van der Waals surface area contributed by atoms with E-state index in [4.69, 9.17) is 4.74 Å². The summed E-state index contributed by atoms with van der Waals surface area (Å²) in [5.74, 6) is 0.529. The molecule has 1 aliphatic carbocycles. The smallest absolute Gasteiger partial charge is 0.226 e. The standard InChI is InChI=1S/C14H18BrNO2/c1-18-8-7-16(14(17)12-5-6-12)10-11-3-2-4-13(15)9-11/h2-4,9,12H,5-8,10H2,1H3. The van der Waals surface area contributed by atoms with Gasteiger partial charge in [0.1, 0.15) is 0 Å². The van der Waals surface area contributed by atoms with Crippen molar-refractivity contribution in [2.24, 2.45) is 5.92 Å². The van der Waals surface area contributed by atoms with E-state index in [2.05, 4.69) is 22.0 Å². The number of hydrogen-bond acceptors (Lipinski definition) is 2. The van der Waals surface area contributed by atoms with Gasteiger partial charge in [-0.25, -0.2) is 0 Å². The number of carbonyl (C=O) groups excluding carboxylic acids is 1. The van der Waals surface area contributed by atoms with Crippen molar-refractivity contribution >= 4 is 21.8 Å². The summed E-state index contributed by atoms with van der Waals surface area (Å²) in [5, 5.41) is 0. The van der Waals surface area contributed by atoms with E-state index in [9.17, 15) is 4.79 Å². The van der Waals surface area contributed by atoms with Gasteiger partial charge >= 0.3 is 0 Å². The highest BCUT2D eigenvalue weighted by Gasteiger charge is 2.33. The first kappa shape index (κ1) is 13.6. The van der Waals surface area contributed by atoms with Crippen LogP contribution in [0.1, 0.15) is 18.4 Å². The van der Waals surface area contributed by atoms with Gasteiger partial charge in [0, 0.05) is 30.6 Å². The first-order valence-electron chi connectivity index (χ1n) is 6.23. The molecule has 0 saturated heterocycles. The fourth-order valence-corrected chi connectivity index (χ4v) is 2.36. The molecule has 0 atom stereocenters. The monoisotopic (exact) mass is 311 g/mol. The van der Waals surface area contributed by atoms with Crippen LogP contribution < -0.4 is 0 Å². The van der Waals surface area contributed by atoms with Crippen molar-refractivity contribution in [1.82, 2.24) is 4.90 Å². The Balaban J connectivity index is 2.01. The Morgan fingerprint density at radius 3 is 2.89 bits per heavy atom. The zero-order chi connectivity index (χ0) is 13.0. The molecule has 1 fully saturated rings. The molecule has 18 heavy (non-hydrogen) atoms. The molecule has 0 unspecified atom stereocenters. The molecule has 1 aromatic carbocycles. The van der Waals surface area contributed by atoms with Crippen LogP contribution in [0.2, 0.25) is 0 Å². The number of ether oxygens (including phenoxy) is 1. The summed E-state index contributed by atoms with van der Waals surface area (Å²) in [6.07, 6.45) is 2.08. The van der Waals surface area contributed by atoms with E-state index in [1.54, 1.807) is 7.11 Å². The van der Waals surface area contributed by atoms with Gasteiger partial charge in [-0.15, -0.1) is 0 Å². The molecular formula is C14H18BrNO2. The molecule has 1 aromatic rings. The second-order valence-electron chi connectivity index (χ2n) is 4.66. The van der Waals surface area contributed by atoms with Gasteiger partial charge in [-0.05, 0) is 30.5 Å². The van der Waals surface area contributed by atoms with Crippen LogP contribution in [0.25, 0.3) is 0 Å². The third kappa shape index (κ3) is 3.82. The Hall–Kier alpha value is -0.870. The third-order valence-electron chi connectivity index (χ3n) is 3.07. The zero-order valence-electron chi connectivity index (χ0n) is 10.6. The van der Waals surface area contributed by atoms with Crippen molar-refractivity contribution in [3.05, 3.63) is 34.3 Å². The van der Waals surface area contributed by atoms with E-state index in [1.807, 2.05) is 23.1 Å². The topological polar surface area (TPSA) is 29.5 Å². The maximum Gasteiger partial charge on any atom is 0.226 e. The first-order valence-corrected chi connectivity index (χ1v) is 7.02. The number of nitrogens with zero attached hydrogens (tertiary/aromatic N) is 1. The van der Waals surface area contributed by atoms with Crippen molar-refractivity contribution in [2.75, 3.05) is 20.3 Å². The lowest BCUT2D eigenvalue weighted by molar-refractivity contribution is -0.133. The Kier molecular flexibility index (Phi) is 4.78. The minimum atomic E-state index is 0.258. The highest BCUT2D eigenvalue weighted by molar-refractivity contribution is 9.10. The van der Waals surface area contributed by atoms with E-state index < -0.39 is 0 Å². The van der Waals surface area contributed by atoms with Crippen LogP contribution in [0.4, 0.5) is 0 Å². The summed E-state index contributed by atoms with van der Waals surface area (Å²) in [6, 6.07) is 8.09. The summed E-state index contributed by atoms with van der Waals surface area (Å²) >= 11 is 3.45. The number of carbonyl (C=O) groups is 1. The average Bonchev–Trinajstić information content (AvgIpc) is 3.18. The van der Waals surface area contributed by atoms with Gasteiger partial charge in [-0.1, -0.05) is 28.1 Å². The van der Waals surface area contributed by atoms with Gasteiger partial charge in [0.25, 0.3) is 0 Å². The van der Waals surface area contributed by atoms with Gasteiger partial charge in [0.05, 0.1) is 6.61 Å². The van der Waals surface area contributed by atoms with Crippen molar-refractivity contribution < 1.29 is 9.53 Å². The fraction of sp³-hybridized carbons (Fsp3) is 0.500. The van der Waals surface area contributed by atoms with Crippen molar-refractivity contribution in [3.63, 3.8) is 0 Å². The van der Waals surface area contributed by atoms with Crippen LogP contribution in [0, 0.1) is 5.92 Å². The number of hydrogen-bond donors (Lipinski definition) is 0. The van der Waals surface area contributed by atoms with Crippen molar-refractivity contribution in [1.29, 1.82) is 0 Å². The summed E-state index contributed by atoms with van der Waals surface area (Å²) in [4.78, 5) is 14.1. The molecule has 2 rings (SSSR count). The third-order valence-corrected chi connectivity index (χ3v) is 3.56. The SMILES string of the molecule is COCCN(Cc1cccc(Br)c1)C(=O)C1CC1. The molecule has 1 saturated carbocycles. The molecule has 0 spiro atoms. The van der Waals surface area contributed by atoms with Crippen LogP contribution in [0.5, 0.6) is 0 Å². The lowest BCUT2D eigenvalue weighted by Gasteiger charge is -2.22. The molecule has 0 N–H and O–H groups in total. The Labute approximate surface area is 116 Å². The lowest BCUT2D eigenvalue weighted by atomic mass is 10.2. The van der Waals surface area contributed by atoms with Gasteiger partial charge in [0.15, 0.2) is 0 Å². The second kappa shape index (κ2) is 6.34.